The van der Waals surface area contributed by atoms with Gasteiger partial charge in [0.05, 0.1) is 26.0 Å². The maximum absolute atomic E-state index is 5.57. The first-order chi connectivity index (χ1) is 6.84. The highest BCUT2D eigenvalue weighted by Crippen LogP contribution is 1.98. The van der Waals surface area contributed by atoms with E-state index in [-0.39, 0.29) is 0 Å². The van der Waals surface area contributed by atoms with E-state index >= 15 is 0 Å². The maximum Gasteiger partial charge on any atom is 0.0594 e. The molecule has 14 heavy (non-hydrogen) atoms. The standard InChI is InChI=1S/C10H15N3O/c1-10-8-11-13(9-10)3-2-12-4-6-14-7-5-12/h1,8-9H,2-7H2. The van der Waals surface area contributed by atoms with E-state index in [4.69, 9.17) is 11.7 Å². The smallest absolute Gasteiger partial charge is 0.0594 e. The Morgan fingerprint density at radius 1 is 1.36 bits per heavy atom. The average molecular weight is 193 g/mol. The summed E-state index contributed by atoms with van der Waals surface area (Å²) in [5.41, 5.74) is 0.729. The Morgan fingerprint density at radius 3 is 2.79 bits per heavy atom. The van der Waals surface area contributed by atoms with Gasteiger partial charge < -0.3 is 4.74 Å². The first-order valence-electron chi connectivity index (χ1n) is 4.92. The predicted molar refractivity (Wildman–Crippen MR) is 52.9 cm³/mol. The van der Waals surface area contributed by atoms with Gasteiger partial charge in [-0.2, -0.15) is 5.10 Å². The van der Waals surface area contributed by atoms with E-state index in [9.17, 15) is 0 Å². The monoisotopic (exact) mass is 193 g/mol. The van der Waals surface area contributed by atoms with E-state index in [0.29, 0.717) is 0 Å². The Hall–Kier alpha value is -0.870. The van der Waals surface area contributed by atoms with Gasteiger partial charge in [-0.05, 0) is 5.56 Å². The summed E-state index contributed by atoms with van der Waals surface area (Å²) in [7, 11) is 0. The van der Waals surface area contributed by atoms with Crippen LogP contribution < -0.4 is 0 Å². The van der Waals surface area contributed by atoms with Crippen LogP contribution in [0.15, 0.2) is 12.4 Å². The molecule has 1 saturated heterocycles. The molecular weight excluding hydrogens is 178 g/mol. The molecule has 2 radical (unpaired) electrons. The lowest BCUT2D eigenvalue weighted by atomic mass is 10.4. The number of morpholine rings is 1. The van der Waals surface area contributed by atoms with Gasteiger partial charge in [0.25, 0.3) is 0 Å². The van der Waals surface area contributed by atoms with Crippen molar-refractivity contribution in [2.45, 2.75) is 6.54 Å². The van der Waals surface area contributed by atoms with Gasteiger partial charge in [0.15, 0.2) is 0 Å². The Bertz CT molecular complexity index is 279. The van der Waals surface area contributed by atoms with Crippen LogP contribution in [-0.4, -0.2) is 47.5 Å². The van der Waals surface area contributed by atoms with E-state index in [1.165, 1.54) is 0 Å². The van der Waals surface area contributed by atoms with E-state index in [1.807, 2.05) is 10.9 Å². The number of nitrogens with zero attached hydrogens (tertiary/aromatic N) is 3. The Morgan fingerprint density at radius 2 is 2.14 bits per heavy atom. The third-order valence-electron chi connectivity index (χ3n) is 2.40. The molecule has 0 amide bonds. The highest BCUT2D eigenvalue weighted by atomic mass is 16.5. The molecule has 0 spiro atoms. The van der Waals surface area contributed by atoms with Gasteiger partial charge >= 0.3 is 0 Å². The zero-order valence-corrected chi connectivity index (χ0v) is 8.22. The zero-order chi connectivity index (χ0) is 9.80. The molecule has 1 aromatic heterocycles. The van der Waals surface area contributed by atoms with Gasteiger partial charge in [-0.25, -0.2) is 0 Å². The fourth-order valence-corrected chi connectivity index (χ4v) is 1.57. The first-order valence-corrected chi connectivity index (χ1v) is 4.92. The molecule has 0 saturated carbocycles. The van der Waals surface area contributed by atoms with Crippen LogP contribution in [0.3, 0.4) is 0 Å². The molecule has 1 fully saturated rings. The molecule has 0 atom stereocenters. The van der Waals surface area contributed by atoms with Crippen molar-refractivity contribution in [2.24, 2.45) is 0 Å². The Balaban J connectivity index is 1.76. The van der Waals surface area contributed by atoms with Crippen LogP contribution in [0.2, 0.25) is 0 Å². The van der Waals surface area contributed by atoms with Crippen molar-refractivity contribution in [2.75, 3.05) is 32.8 Å². The molecule has 0 bridgehead atoms. The highest BCUT2D eigenvalue weighted by Gasteiger charge is 2.09. The van der Waals surface area contributed by atoms with Crippen LogP contribution in [0, 0.1) is 6.92 Å². The van der Waals surface area contributed by atoms with Gasteiger partial charge in [0, 0.05) is 32.8 Å². The lowest BCUT2D eigenvalue weighted by Gasteiger charge is -2.26. The summed E-state index contributed by atoms with van der Waals surface area (Å²) >= 11 is 0. The summed E-state index contributed by atoms with van der Waals surface area (Å²) in [5, 5.41) is 4.13. The molecule has 0 aromatic carbocycles. The quantitative estimate of drug-likeness (QED) is 0.690. The molecule has 2 rings (SSSR count). The number of ether oxygens (including phenoxy) is 1. The fraction of sp³-hybridized carbons (Fsp3) is 0.600. The molecule has 0 N–H and O–H groups in total. The topological polar surface area (TPSA) is 30.3 Å². The lowest BCUT2D eigenvalue weighted by molar-refractivity contribution is 0.0359. The highest BCUT2D eigenvalue weighted by molar-refractivity contribution is 5.06. The molecule has 76 valence electrons. The van der Waals surface area contributed by atoms with Crippen LogP contribution in [0.25, 0.3) is 0 Å². The van der Waals surface area contributed by atoms with Crippen LogP contribution in [0.5, 0.6) is 0 Å². The van der Waals surface area contributed by atoms with Gasteiger partial charge in [-0.3, -0.25) is 9.58 Å². The summed E-state index contributed by atoms with van der Waals surface area (Å²) in [6.45, 7) is 11.2. The zero-order valence-electron chi connectivity index (χ0n) is 8.22. The van der Waals surface area contributed by atoms with Crippen LogP contribution >= 0.6 is 0 Å². The van der Waals surface area contributed by atoms with Crippen molar-refractivity contribution in [3.63, 3.8) is 0 Å². The Labute approximate surface area is 84.5 Å². The van der Waals surface area contributed by atoms with Crippen molar-refractivity contribution in [1.82, 2.24) is 14.7 Å². The number of aromatic nitrogens is 2. The first kappa shape index (κ1) is 9.68. The summed E-state index contributed by atoms with van der Waals surface area (Å²) in [4.78, 5) is 2.38. The predicted octanol–water partition coefficient (Wildman–Crippen LogP) is 0.274. The molecule has 0 aliphatic carbocycles. The summed E-state index contributed by atoms with van der Waals surface area (Å²) in [6.07, 6.45) is 3.54. The molecule has 1 aliphatic heterocycles. The summed E-state index contributed by atoms with van der Waals surface area (Å²) in [6, 6.07) is 0. The van der Waals surface area contributed by atoms with Gasteiger partial charge in [0.1, 0.15) is 0 Å². The minimum atomic E-state index is 0.729. The third-order valence-corrected chi connectivity index (χ3v) is 2.40. The lowest BCUT2D eigenvalue weighted by Crippen LogP contribution is -2.38. The van der Waals surface area contributed by atoms with E-state index in [2.05, 4.69) is 10.00 Å². The maximum atomic E-state index is 5.57. The second kappa shape index (κ2) is 4.57. The largest absolute Gasteiger partial charge is 0.379 e. The summed E-state index contributed by atoms with van der Waals surface area (Å²) < 4.78 is 7.15. The van der Waals surface area contributed by atoms with Crippen LogP contribution in [-0.2, 0) is 11.3 Å². The van der Waals surface area contributed by atoms with Crippen molar-refractivity contribution >= 4 is 0 Å². The molecule has 1 aromatic rings. The normalized spacial score (nSPS) is 18.6. The van der Waals surface area contributed by atoms with Crippen molar-refractivity contribution in [3.8, 4) is 0 Å². The molecular formula is C10H15N3O. The van der Waals surface area contributed by atoms with Crippen molar-refractivity contribution in [3.05, 3.63) is 24.9 Å². The Kier molecular flexibility index (Phi) is 3.16. The van der Waals surface area contributed by atoms with E-state index in [1.54, 1.807) is 6.20 Å². The van der Waals surface area contributed by atoms with E-state index < -0.39 is 0 Å². The molecule has 1 aliphatic rings. The minimum absolute atomic E-state index is 0.729. The van der Waals surface area contributed by atoms with E-state index in [0.717, 1.165) is 45.0 Å². The molecule has 4 nitrogen and oxygen atoms in total. The van der Waals surface area contributed by atoms with Gasteiger partial charge in [-0.15, -0.1) is 0 Å². The third kappa shape index (κ3) is 2.56. The van der Waals surface area contributed by atoms with Gasteiger partial charge in [-0.1, -0.05) is 0 Å². The minimum Gasteiger partial charge on any atom is -0.379 e. The van der Waals surface area contributed by atoms with Crippen molar-refractivity contribution < 1.29 is 4.74 Å². The number of rotatable bonds is 3. The van der Waals surface area contributed by atoms with Gasteiger partial charge in [0.2, 0.25) is 0 Å². The molecule has 4 heteroatoms. The average Bonchev–Trinajstić information content (AvgIpc) is 2.63. The molecule has 0 unspecified atom stereocenters. The van der Waals surface area contributed by atoms with Crippen LogP contribution in [0.1, 0.15) is 5.56 Å². The molecule has 2 heterocycles. The SMILES string of the molecule is [CH]c1cnn(CCN2CCOCC2)c1. The van der Waals surface area contributed by atoms with Crippen molar-refractivity contribution in [1.29, 1.82) is 0 Å². The number of hydrogen-bond donors (Lipinski definition) is 0. The second-order valence-corrected chi connectivity index (χ2v) is 3.49. The summed E-state index contributed by atoms with van der Waals surface area (Å²) in [5.74, 6) is 0. The fourth-order valence-electron chi connectivity index (χ4n) is 1.57. The second-order valence-electron chi connectivity index (χ2n) is 3.49. The van der Waals surface area contributed by atoms with Crippen LogP contribution in [0.4, 0.5) is 0 Å². The number of hydrogen-bond acceptors (Lipinski definition) is 3.